The first-order valence-electron chi connectivity index (χ1n) is 8.04. The highest BCUT2D eigenvalue weighted by molar-refractivity contribution is 7.15. The van der Waals surface area contributed by atoms with Crippen LogP contribution in [0.3, 0.4) is 0 Å². The van der Waals surface area contributed by atoms with Gasteiger partial charge in [-0.25, -0.2) is 4.98 Å². The Morgan fingerprint density at radius 2 is 2.23 bits per heavy atom. The molecule has 0 spiro atoms. The van der Waals surface area contributed by atoms with E-state index < -0.39 is 0 Å². The van der Waals surface area contributed by atoms with Gasteiger partial charge in [0, 0.05) is 42.5 Å². The largest absolute Gasteiger partial charge is 0.323 e. The first kappa shape index (κ1) is 16.8. The predicted molar refractivity (Wildman–Crippen MR) is 104 cm³/mol. The van der Waals surface area contributed by atoms with E-state index in [4.69, 9.17) is 11.6 Å². The Kier molecular flexibility index (Phi) is 4.26. The number of imidazole rings is 1. The lowest BCUT2D eigenvalue weighted by Crippen LogP contribution is -2.25. The molecule has 26 heavy (non-hydrogen) atoms. The van der Waals surface area contributed by atoms with Crippen LogP contribution in [0.15, 0.2) is 35.9 Å². The molecule has 0 fully saturated rings. The highest BCUT2D eigenvalue weighted by atomic mass is 35.5. The summed E-state index contributed by atoms with van der Waals surface area (Å²) in [6.07, 6.45) is 5.73. The smallest absolute Gasteiger partial charge is 0.248 e. The molecule has 132 valence electrons. The first-order chi connectivity index (χ1) is 12.5. The molecule has 1 N–H and O–H groups in total. The Bertz CT molecular complexity index is 1050. The third-order valence-electron chi connectivity index (χ3n) is 4.27. The van der Waals surface area contributed by atoms with Gasteiger partial charge in [0.25, 0.3) is 0 Å². The molecule has 0 saturated carbocycles. The molecule has 4 rings (SSSR count). The second-order valence-electron chi connectivity index (χ2n) is 5.93. The summed E-state index contributed by atoms with van der Waals surface area (Å²) in [4.78, 5) is 30.6. The van der Waals surface area contributed by atoms with Crippen molar-refractivity contribution in [1.82, 2.24) is 9.38 Å². The monoisotopic (exact) mass is 386 g/mol. The van der Waals surface area contributed by atoms with Crippen molar-refractivity contribution in [2.75, 3.05) is 16.8 Å². The lowest BCUT2D eigenvalue weighted by Gasteiger charge is -2.14. The third-order valence-corrected chi connectivity index (χ3v) is 5.30. The van der Waals surface area contributed by atoms with E-state index >= 15 is 0 Å². The van der Waals surface area contributed by atoms with Crippen LogP contribution in [0.1, 0.15) is 18.2 Å². The van der Waals surface area contributed by atoms with Gasteiger partial charge in [0.05, 0.1) is 5.69 Å². The lowest BCUT2D eigenvalue weighted by atomic mass is 10.1. The van der Waals surface area contributed by atoms with Crippen molar-refractivity contribution in [3.63, 3.8) is 0 Å². The van der Waals surface area contributed by atoms with E-state index in [1.54, 1.807) is 24.0 Å². The molecule has 2 amide bonds. The molecule has 1 aromatic carbocycles. The Morgan fingerprint density at radius 3 is 3.04 bits per heavy atom. The van der Waals surface area contributed by atoms with Gasteiger partial charge in [0.1, 0.15) is 0 Å². The van der Waals surface area contributed by atoms with Crippen LogP contribution in [0, 0.1) is 0 Å². The number of thiazole rings is 1. The molecule has 2 aromatic heterocycles. The number of nitrogens with one attached hydrogen (secondary N) is 1. The maximum absolute atomic E-state index is 12.2. The summed E-state index contributed by atoms with van der Waals surface area (Å²) in [6.45, 7) is 2.24. The first-order valence-corrected chi connectivity index (χ1v) is 9.30. The maximum Gasteiger partial charge on any atom is 0.248 e. The van der Waals surface area contributed by atoms with E-state index in [0.717, 1.165) is 22.6 Å². The number of nitrogens with zero attached hydrogens (tertiary/aromatic N) is 3. The summed E-state index contributed by atoms with van der Waals surface area (Å²) < 4.78 is 1.84. The van der Waals surface area contributed by atoms with Crippen LogP contribution in [-0.2, 0) is 16.0 Å². The average Bonchev–Trinajstić information content (AvgIpc) is 3.27. The van der Waals surface area contributed by atoms with Crippen LogP contribution in [0.25, 0.3) is 11.0 Å². The van der Waals surface area contributed by atoms with Gasteiger partial charge in [-0.3, -0.25) is 14.0 Å². The molecule has 6 nitrogen and oxygen atoms in total. The molecule has 0 atom stereocenters. The van der Waals surface area contributed by atoms with Crippen molar-refractivity contribution >= 4 is 57.2 Å². The molecule has 0 aliphatic carbocycles. The minimum atomic E-state index is -0.257. The van der Waals surface area contributed by atoms with Crippen LogP contribution in [0.4, 0.5) is 11.4 Å². The third kappa shape index (κ3) is 3.00. The van der Waals surface area contributed by atoms with Crippen LogP contribution >= 0.6 is 22.9 Å². The highest BCUT2D eigenvalue weighted by Crippen LogP contribution is 2.30. The second kappa shape index (κ2) is 6.59. The zero-order valence-electron chi connectivity index (χ0n) is 13.9. The molecule has 0 radical (unpaired) electrons. The van der Waals surface area contributed by atoms with E-state index in [1.807, 2.05) is 28.1 Å². The average molecular weight is 387 g/mol. The summed E-state index contributed by atoms with van der Waals surface area (Å²) in [5, 5.41) is 5.11. The number of fused-ring (bicyclic) bond motifs is 2. The second-order valence-corrected chi connectivity index (χ2v) is 7.16. The lowest BCUT2D eigenvalue weighted by molar-refractivity contribution is -0.116. The number of hydrogen-bond acceptors (Lipinski definition) is 4. The van der Waals surface area contributed by atoms with Gasteiger partial charge < -0.3 is 10.2 Å². The fourth-order valence-electron chi connectivity index (χ4n) is 3.07. The van der Waals surface area contributed by atoms with E-state index in [0.29, 0.717) is 23.1 Å². The number of carbonyl (C=O) groups is 2. The van der Waals surface area contributed by atoms with Crippen LogP contribution in [-0.4, -0.2) is 27.7 Å². The van der Waals surface area contributed by atoms with Crippen molar-refractivity contribution in [1.29, 1.82) is 0 Å². The number of rotatable bonds is 3. The van der Waals surface area contributed by atoms with Gasteiger partial charge in [-0.15, -0.1) is 11.3 Å². The van der Waals surface area contributed by atoms with Crippen molar-refractivity contribution in [3.05, 3.63) is 52.3 Å². The van der Waals surface area contributed by atoms with Gasteiger partial charge in [-0.1, -0.05) is 11.6 Å². The normalized spacial score (nSPS) is 13.5. The molecule has 0 bridgehead atoms. The fraction of sp³-hybridized carbons (Fsp3) is 0.167. The molecule has 8 heteroatoms. The number of hydrogen-bond donors (Lipinski definition) is 1. The zero-order valence-corrected chi connectivity index (χ0v) is 15.5. The van der Waals surface area contributed by atoms with Crippen LogP contribution in [0.2, 0.25) is 5.15 Å². The topological polar surface area (TPSA) is 66.7 Å². The summed E-state index contributed by atoms with van der Waals surface area (Å²) in [6, 6.07) is 5.58. The number of halogens is 1. The molecule has 3 aromatic rings. The molecule has 1 aliphatic heterocycles. The van der Waals surface area contributed by atoms with E-state index in [2.05, 4.69) is 10.3 Å². The van der Waals surface area contributed by atoms with Crippen molar-refractivity contribution in [2.24, 2.45) is 0 Å². The summed E-state index contributed by atoms with van der Waals surface area (Å²) in [7, 11) is 0. The van der Waals surface area contributed by atoms with Crippen molar-refractivity contribution in [3.8, 4) is 0 Å². The van der Waals surface area contributed by atoms with E-state index in [9.17, 15) is 9.59 Å². The maximum atomic E-state index is 12.2. The zero-order chi connectivity index (χ0) is 18.3. The van der Waals surface area contributed by atoms with E-state index in [1.165, 1.54) is 17.4 Å². The highest BCUT2D eigenvalue weighted by Gasteiger charge is 2.22. The van der Waals surface area contributed by atoms with Crippen molar-refractivity contribution < 1.29 is 9.59 Å². The number of aromatic nitrogens is 2. The van der Waals surface area contributed by atoms with Gasteiger partial charge in [-0.2, -0.15) is 0 Å². The summed E-state index contributed by atoms with van der Waals surface area (Å²) in [5.41, 5.74) is 3.34. The number of anilines is 2. The number of amides is 2. The van der Waals surface area contributed by atoms with Gasteiger partial charge >= 0.3 is 0 Å². The molecular formula is C18H15ClN4O2S. The molecule has 0 unspecified atom stereocenters. The Hall–Kier alpha value is -2.64. The van der Waals surface area contributed by atoms with Crippen molar-refractivity contribution in [2.45, 2.75) is 13.3 Å². The minimum Gasteiger partial charge on any atom is -0.323 e. The number of carbonyl (C=O) groups excluding carboxylic acids is 2. The van der Waals surface area contributed by atoms with Crippen LogP contribution < -0.4 is 10.2 Å². The number of benzene rings is 1. The van der Waals surface area contributed by atoms with Gasteiger partial charge in [0.15, 0.2) is 10.1 Å². The quantitative estimate of drug-likeness (QED) is 0.699. The minimum absolute atomic E-state index is 0.0286. The van der Waals surface area contributed by atoms with Gasteiger partial charge in [-0.05, 0) is 36.3 Å². The summed E-state index contributed by atoms with van der Waals surface area (Å²) in [5.74, 6) is -0.228. The predicted octanol–water partition coefficient (Wildman–Crippen LogP) is 3.61. The Labute approximate surface area is 158 Å². The fourth-order valence-corrected chi connectivity index (χ4v) is 4.08. The van der Waals surface area contributed by atoms with Gasteiger partial charge in [0.2, 0.25) is 11.8 Å². The molecular weight excluding hydrogens is 372 g/mol. The summed E-state index contributed by atoms with van der Waals surface area (Å²) >= 11 is 7.59. The van der Waals surface area contributed by atoms with E-state index in [-0.39, 0.29) is 11.8 Å². The molecule has 3 heterocycles. The van der Waals surface area contributed by atoms with Crippen LogP contribution in [0.5, 0.6) is 0 Å². The Morgan fingerprint density at radius 1 is 1.38 bits per heavy atom. The SMILES string of the molecule is CC(=O)N1CCc2cc(NC(=O)/C=C\c3c(Cl)nc4sccn34)ccc21. The molecule has 1 aliphatic rings. The standard InChI is InChI=1S/C18H15ClN4O2S/c1-11(24)22-7-6-12-10-13(2-3-14(12)22)20-16(25)5-4-15-17(19)21-18-23(15)8-9-26-18/h2-5,8-10H,6-7H2,1H3,(H,20,25)/b5-4-. The Balaban J connectivity index is 1.50. The molecule has 0 saturated heterocycles.